The van der Waals surface area contributed by atoms with E-state index in [9.17, 15) is 17.6 Å². The maximum atomic E-state index is 13.5. The first kappa shape index (κ1) is 20.9. The summed E-state index contributed by atoms with van der Waals surface area (Å²) in [6, 6.07) is 19.5. The summed E-state index contributed by atoms with van der Waals surface area (Å²) in [7, 11) is -4.20. The number of sulfonamides is 1. The normalized spacial score (nSPS) is 14.9. The number of aryl methyl sites for hydroxylation is 1. The van der Waals surface area contributed by atoms with Gasteiger partial charge in [-0.05, 0) is 55.5 Å². The van der Waals surface area contributed by atoms with Crippen LogP contribution in [0.3, 0.4) is 0 Å². The number of aromatic nitrogens is 1. The highest BCUT2D eigenvalue weighted by atomic mass is 32.2. The molecule has 0 spiro atoms. The van der Waals surface area contributed by atoms with Gasteiger partial charge in [-0.15, -0.1) is 0 Å². The predicted molar refractivity (Wildman–Crippen MR) is 121 cm³/mol. The number of anilines is 2. The van der Waals surface area contributed by atoms with Gasteiger partial charge >= 0.3 is 6.03 Å². The Morgan fingerprint density at radius 2 is 1.61 bits per heavy atom. The molecule has 0 bridgehead atoms. The maximum absolute atomic E-state index is 13.5. The van der Waals surface area contributed by atoms with Crippen molar-refractivity contribution >= 4 is 27.4 Å². The van der Waals surface area contributed by atoms with Crippen LogP contribution < -0.4 is 9.21 Å². The lowest BCUT2D eigenvalue weighted by atomic mass is 10.2. The summed E-state index contributed by atoms with van der Waals surface area (Å²) >= 11 is 0. The van der Waals surface area contributed by atoms with Gasteiger partial charge in [-0.2, -0.15) is 4.31 Å². The fraction of sp³-hybridized carbons (Fsp3) is 0.0833. The number of hydrogen-bond donors (Lipinski definition) is 0. The molecule has 0 aliphatic carbocycles. The molecule has 2 amide bonds. The van der Waals surface area contributed by atoms with Crippen molar-refractivity contribution in [1.29, 1.82) is 0 Å². The molecule has 33 heavy (non-hydrogen) atoms. The molecule has 0 saturated heterocycles. The molecule has 0 atom stereocenters. The summed E-state index contributed by atoms with van der Waals surface area (Å²) in [5, 5.41) is 0. The molecule has 1 aliphatic heterocycles. The third kappa shape index (κ3) is 3.56. The van der Waals surface area contributed by atoms with Crippen molar-refractivity contribution in [2.45, 2.75) is 18.4 Å². The summed E-state index contributed by atoms with van der Waals surface area (Å²) in [6.45, 7) is 1.73. The first-order chi connectivity index (χ1) is 15.9. The van der Waals surface area contributed by atoms with Crippen LogP contribution in [0.4, 0.5) is 20.6 Å². The van der Waals surface area contributed by atoms with Crippen LogP contribution in [0.25, 0.3) is 11.5 Å². The Bertz CT molecular complexity index is 1450. The Labute approximate surface area is 189 Å². The fourth-order valence-electron chi connectivity index (χ4n) is 3.72. The number of benzene rings is 3. The quantitative estimate of drug-likeness (QED) is 0.419. The second-order valence-corrected chi connectivity index (χ2v) is 9.23. The highest BCUT2D eigenvalue weighted by Gasteiger charge is 2.42. The molecule has 9 heteroatoms. The van der Waals surface area contributed by atoms with Crippen molar-refractivity contribution in [1.82, 2.24) is 4.98 Å². The minimum atomic E-state index is -4.20. The Morgan fingerprint density at radius 1 is 0.939 bits per heavy atom. The molecular formula is C24H18FN3O4S. The Hall–Kier alpha value is -3.98. The number of rotatable bonds is 4. The van der Waals surface area contributed by atoms with E-state index in [1.54, 1.807) is 25.1 Å². The molecule has 0 fully saturated rings. The van der Waals surface area contributed by atoms with Gasteiger partial charge in [0.25, 0.3) is 10.0 Å². The lowest BCUT2D eigenvalue weighted by Crippen LogP contribution is -2.50. The van der Waals surface area contributed by atoms with Crippen molar-refractivity contribution in [3.63, 3.8) is 0 Å². The van der Waals surface area contributed by atoms with Crippen molar-refractivity contribution in [3.8, 4) is 11.5 Å². The van der Waals surface area contributed by atoms with Gasteiger partial charge in [0.1, 0.15) is 22.2 Å². The average molecular weight is 463 g/mol. The summed E-state index contributed by atoms with van der Waals surface area (Å²) in [6.07, 6.45) is 0. The molecule has 166 valence electrons. The molecule has 3 aromatic carbocycles. The van der Waals surface area contributed by atoms with E-state index in [-0.39, 0.29) is 22.8 Å². The van der Waals surface area contributed by atoms with Crippen LogP contribution in [0.1, 0.15) is 11.5 Å². The summed E-state index contributed by atoms with van der Waals surface area (Å²) in [5.41, 5.74) is 1.57. The molecule has 4 aromatic rings. The highest BCUT2D eigenvalue weighted by molar-refractivity contribution is 7.94. The first-order valence-corrected chi connectivity index (χ1v) is 11.5. The maximum Gasteiger partial charge on any atom is 0.343 e. The minimum absolute atomic E-state index is 0.00870. The number of para-hydroxylation sites is 1. The molecule has 0 unspecified atom stereocenters. The minimum Gasteiger partial charge on any atom is -0.441 e. The lowest BCUT2D eigenvalue weighted by molar-refractivity contribution is 0.253. The molecule has 0 radical (unpaired) electrons. The number of amides is 2. The van der Waals surface area contributed by atoms with Gasteiger partial charge < -0.3 is 4.42 Å². The van der Waals surface area contributed by atoms with Crippen LogP contribution in [-0.2, 0) is 16.6 Å². The average Bonchev–Trinajstić information content (AvgIpc) is 3.19. The molecule has 7 nitrogen and oxygen atoms in total. The van der Waals surface area contributed by atoms with E-state index in [1.165, 1.54) is 23.1 Å². The zero-order chi connectivity index (χ0) is 23.2. The predicted octanol–water partition coefficient (Wildman–Crippen LogP) is 5.12. The summed E-state index contributed by atoms with van der Waals surface area (Å²) in [5.74, 6) is 0.384. The van der Waals surface area contributed by atoms with Crippen molar-refractivity contribution < 1.29 is 22.0 Å². The molecule has 2 heterocycles. The first-order valence-electron chi connectivity index (χ1n) is 10.1. The standard InChI is InChI=1S/C24H18FN3O4S/c1-16-20(26-23(32-16)17-7-3-2-4-8-17)15-27-21-9-5-6-10-22(21)33(30,31)28(24(27)29)19-13-11-18(25)12-14-19/h2-14H,15H2,1H3. The molecule has 0 saturated carbocycles. The SMILES string of the molecule is Cc1oc(-c2ccccc2)nc1CN1C(=O)N(c2ccc(F)cc2)S(=O)(=O)c2ccccc21. The van der Waals surface area contributed by atoms with E-state index >= 15 is 0 Å². The third-order valence-corrected chi connectivity index (χ3v) is 7.11. The Balaban J connectivity index is 1.59. The van der Waals surface area contributed by atoms with Gasteiger partial charge in [0.15, 0.2) is 0 Å². The summed E-state index contributed by atoms with van der Waals surface area (Å²) < 4.78 is 46.6. The lowest BCUT2D eigenvalue weighted by Gasteiger charge is -2.35. The van der Waals surface area contributed by atoms with E-state index < -0.39 is 21.9 Å². The second kappa shape index (κ2) is 7.86. The van der Waals surface area contributed by atoms with Gasteiger partial charge in [0.05, 0.1) is 17.9 Å². The Morgan fingerprint density at radius 3 is 2.33 bits per heavy atom. The molecule has 0 N–H and O–H groups in total. The van der Waals surface area contributed by atoms with Crippen molar-refractivity contribution in [2.75, 3.05) is 9.21 Å². The van der Waals surface area contributed by atoms with E-state index in [0.717, 1.165) is 17.7 Å². The van der Waals surface area contributed by atoms with E-state index in [2.05, 4.69) is 4.98 Å². The van der Waals surface area contributed by atoms with Gasteiger partial charge in [0, 0.05) is 5.56 Å². The van der Waals surface area contributed by atoms with Gasteiger partial charge in [-0.3, -0.25) is 4.90 Å². The van der Waals surface area contributed by atoms with Crippen LogP contribution in [0.5, 0.6) is 0 Å². The number of carbonyl (C=O) groups is 1. The number of fused-ring (bicyclic) bond motifs is 1. The number of halogens is 1. The highest BCUT2D eigenvalue weighted by Crippen LogP contribution is 2.38. The smallest absolute Gasteiger partial charge is 0.343 e. The van der Waals surface area contributed by atoms with Crippen LogP contribution in [-0.4, -0.2) is 19.4 Å². The van der Waals surface area contributed by atoms with E-state index in [0.29, 0.717) is 21.7 Å². The van der Waals surface area contributed by atoms with Gasteiger partial charge in [-0.1, -0.05) is 30.3 Å². The van der Waals surface area contributed by atoms with E-state index in [4.69, 9.17) is 4.42 Å². The number of nitrogens with zero attached hydrogens (tertiary/aromatic N) is 3. The summed E-state index contributed by atoms with van der Waals surface area (Å²) in [4.78, 5) is 19.4. The monoisotopic (exact) mass is 463 g/mol. The van der Waals surface area contributed by atoms with E-state index in [1.807, 2.05) is 30.3 Å². The van der Waals surface area contributed by atoms with Gasteiger partial charge in [-0.25, -0.2) is 22.6 Å². The van der Waals surface area contributed by atoms with Crippen LogP contribution >= 0.6 is 0 Å². The largest absolute Gasteiger partial charge is 0.441 e. The molecular weight excluding hydrogens is 445 g/mol. The molecule has 1 aliphatic rings. The molecule has 5 rings (SSSR count). The van der Waals surface area contributed by atoms with Gasteiger partial charge in [0.2, 0.25) is 5.89 Å². The zero-order valence-electron chi connectivity index (χ0n) is 17.5. The van der Waals surface area contributed by atoms with Crippen molar-refractivity contribution in [3.05, 3.63) is 96.1 Å². The topological polar surface area (TPSA) is 83.7 Å². The Kier molecular flexibility index (Phi) is 4.98. The number of urea groups is 1. The number of oxazole rings is 1. The number of carbonyl (C=O) groups excluding carboxylic acids is 1. The van der Waals surface area contributed by atoms with Crippen LogP contribution in [0, 0.1) is 12.7 Å². The molecule has 1 aromatic heterocycles. The second-order valence-electron chi connectivity index (χ2n) is 7.47. The number of hydrogen-bond acceptors (Lipinski definition) is 5. The van der Waals surface area contributed by atoms with Crippen LogP contribution in [0.15, 0.2) is 88.2 Å². The zero-order valence-corrected chi connectivity index (χ0v) is 18.3. The van der Waals surface area contributed by atoms with Crippen LogP contribution in [0.2, 0.25) is 0 Å². The fourth-order valence-corrected chi connectivity index (χ4v) is 5.31. The third-order valence-electron chi connectivity index (χ3n) is 5.36. The van der Waals surface area contributed by atoms with Crippen molar-refractivity contribution in [2.24, 2.45) is 0 Å².